The number of unbranched alkanes of at least 4 members (excludes halogenated alkanes) is 1. The Balaban J connectivity index is 1.85. The second-order valence-corrected chi connectivity index (χ2v) is 9.85. The quantitative estimate of drug-likeness (QED) is 0.137. The summed E-state index contributed by atoms with van der Waals surface area (Å²) in [5.41, 5.74) is 13.7. The predicted octanol–water partition coefficient (Wildman–Crippen LogP) is 0.968. The van der Waals surface area contributed by atoms with E-state index >= 15 is 0 Å². The lowest BCUT2D eigenvalue weighted by atomic mass is 10.0. The van der Waals surface area contributed by atoms with Crippen LogP contribution in [0.25, 0.3) is 10.9 Å². The third kappa shape index (κ3) is 8.65. The number of benzene rings is 2. The minimum Gasteiger partial charge on any atom is -0.480 e. The van der Waals surface area contributed by atoms with Crippen molar-refractivity contribution in [2.45, 2.75) is 63.2 Å². The van der Waals surface area contributed by atoms with Crippen molar-refractivity contribution in [2.24, 2.45) is 11.5 Å². The van der Waals surface area contributed by atoms with Gasteiger partial charge in [0.05, 0.1) is 6.04 Å². The number of hydrogen-bond acceptors (Lipinski definition) is 6. The van der Waals surface area contributed by atoms with Crippen LogP contribution in [0.1, 0.15) is 37.3 Å². The zero-order valence-electron chi connectivity index (χ0n) is 22.6. The third-order valence-corrected chi connectivity index (χ3v) is 6.62. The van der Waals surface area contributed by atoms with Crippen LogP contribution in [0, 0.1) is 0 Å². The molecular formula is C29H38N6O5. The lowest BCUT2D eigenvalue weighted by Crippen LogP contribution is -2.57. The lowest BCUT2D eigenvalue weighted by molar-refractivity contribution is -0.142. The molecule has 0 saturated carbocycles. The molecule has 0 aliphatic heterocycles. The highest BCUT2D eigenvalue weighted by Gasteiger charge is 2.30. The Morgan fingerprint density at radius 1 is 0.825 bits per heavy atom. The van der Waals surface area contributed by atoms with Gasteiger partial charge < -0.3 is 37.5 Å². The molecule has 3 aromatic rings. The van der Waals surface area contributed by atoms with Crippen molar-refractivity contribution in [1.29, 1.82) is 0 Å². The van der Waals surface area contributed by atoms with E-state index in [4.69, 9.17) is 11.5 Å². The molecule has 0 radical (unpaired) electrons. The Bertz CT molecular complexity index is 1290. The van der Waals surface area contributed by atoms with Gasteiger partial charge in [0.25, 0.3) is 0 Å². The maximum Gasteiger partial charge on any atom is 0.326 e. The summed E-state index contributed by atoms with van der Waals surface area (Å²) >= 11 is 0. The normalized spacial score (nSPS) is 14.1. The number of H-pyrrole nitrogens is 1. The lowest BCUT2D eigenvalue weighted by Gasteiger charge is -2.25. The van der Waals surface area contributed by atoms with Crippen LogP contribution in [-0.2, 0) is 32.0 Å². The van der Waals surface area contributed by atoms with Gasteiger partial charge in [-0.05, 0) is 49.9 Å². The van der Waals surface area contributed by atoms with Crippen LogP contribution in [0.4, 0.5) is 0 Å². The molecular weight excluding hydrogens is 512 g/mol. The van der Waals surface area contributed by atoms with Crippen LogP contribution in [0.3, 0.4) is 0 Å². The number of carbonyl (C=O) groups is 4. The maximum absolute atomic E-state index is 13.5. The molecule has 214 valence electrons. The number of para-hydroxylation sites is 1. The standard InChI is InChI=1S/C29H38N6O5/c1-18(31)26(36)33-23(13-7-8-14-30)27(37)34-24(16-20-17-32-22-12-6-5-11-21(20)22)28(38)35-25(29(39)40)15-19-9-3-2-4-10-19/h2-6,9-12,17-18,23-25,32H,7-8,13-16,30-31H2,1H3,(H,33,36)(H,34,37)(H,35,38)(H,39,40). The average molecular weight is 551 g/mol. The van der Waals surface area contributed by atoms with E-state index in [1.807, 2.05) is 30.3 Å². The van der Waals surface area contributed by atoms with Crippen LogP contribution in [0.2, 0.25) is 0 Å². The van der Waals surface area contributed by atoms with E-state index in [2.05, 4.69) is 20.9 Å². The number of nitrogens with one attached hydrogen (secondary N) is 4. The highest BCUT2D eigenvalue weighted by molar-refractivity contribution is 5.94. The summed E-state index contributed by atoms with van der Waals surface area (Å²) in [6, 6.07) is 12.4. The molecule has 11 nitrogen and oxygen atoms in total. The van der Waals surface area contributed by atoms with Gasteiger partial charge in [-0.25, -0.2) is 4.79 Å². The van der Waals surface area contributed by atoms with Crippen molar-refractivity contribution in [3.8, 4) is 0 Å². The van der Waals surface area contributed by atoms with Gasteiger partial charge >= 0.3 is 5.97 Å². The Morgan fingerprint density at radius 3 is 2.12 bits per heavy atom. The number of carboxylic acids is 1. The molecule has 1 aromatic heterocycles. The highest BCUT2D eigenvalue weighted by atomic mass is 16.4. The van der Waals surface area contributed by atoms with Crippen molar-refractivity contribution in [3.63, 3.8) is 0 Å². The fourth-order valence-electron chi connectivity index (χ4n) is 4.39. The maximum atomic E-state index is 13.5. The number of carbonyl (C=O) groups excluding carboxylic acids is 3. The molecule has 0 fully saturated rings. The van der Waals surface area contributed by atoms with Crippen molar-refractivity contribution in [3.05, 3.63) is 71.9 Å². The minimum absolute atomic E-state index is 0.0713. The van der Waals surface area contributed by atoms with E-state index in [1.165, 1.54) is 6.92 Å². The molecule has 0 aliphatic rings. The van der Waals surface area contributed by atoms with Gasteiger partial charge in [0.2, 0.25) is 17.7 Å². The summed E-state index contributed by atoms with van der Waals surface area (Å²) < 4.78 is 0. The summed E-state index contributed by atoms with van der Waals surface area (Å²) in [6.45, 7) is 1.94. The fourth-order valence-corrected chi connectivity index (χ4v) is 4.39. The number of fused-ring (bicyclic) bond motifs is 1. The van der Waals surface area contributed by atoms with Crippen molar-refractivity contribution in [1.82, 2.24) is 20.9 Å². The van der Waals surface area contributed by atoms with Crippen LogP contribution in [0.5, 0.6) is 0 Å². The monoisotopic (exact) mass is 550 g/mol. The molecule has 11 heteroatoms. The number of nitrogens with two attached hydrogens (primary N) is 2. The summed E-state index contributed by atoms with van der Waals surface area (Å²) in [5.74, 6) is -2.92. The molecule has 0 aliphatic carbocycles. The van der Waals surface area contributed by atoms with Gasteiger partial charge in [0.15, 0.2) is 0 Å². The topological polar surface area (TPSA) is 192 Å². The number of rotatable bonds is 15. The van der Waals surface area contributed by atoms with Crippen LogP contribution in [-0.4, -0.2) is 64.5 Å². The second-order valence-electron chi connectivity index (χ2n) is 9.85. The first-order valence-corrected chi connectivity index (χ1v) is 13.4. The minimum atomic E-state index is -1.21. The van der Waals surface area contributed by atoms with E-state index < -0.39 is 47.9 Å². The molecule has 40 heavy (non-hydrogen) atoms. The SMILES string of the molecule is CC(N)C(=O)NC(CCCCN)C(=O)NC(Cc1c[nH]c2ccccc12)C(=O)NC(Cc1ccccc1)C(=O)O. The zero-order valence-corrected chi connectivity index (χ0v) is 22.6. The smallest absolute Gasteiger partial charge is 0.326 e. The van der Waals surface area contributed by atoms with Crippen LogP contribution in [0.15, 0.2) is 60.8 Å². The number of aromatic amines is 1. The summed E-state index contributed by atoms with van der Waals surface area (Å²) in [7, 11) is 0. The molecule has 3 amide bonds. The number of carboxylic acid groups (broad SMARTS) is 1. The van der Waals surface area contributed by atoms with Gasteiger partial charge in [-0.2, -0.15) is 0 Å². The summed E-state index contributed by atoms with van der Waals surface area (Å²) in [5, 5.41) is 18.7. The van der Waals surface area contributed by atoms with E-state index in [-0.39, 0.29) is 12.8 Å². The van der Waals surface area contributed by atoms with Gasteiger partial charge in [0.1, 0.15) is 18.1 Å². The van der Waals surface area contributed by atoms with Gasteiger partial charge in [0, 0.05) is 29.9 Å². The first-order valence-electron chi connectivity index (χ1n) is 13.4. The first-order chi connectivity index (χ1) is 19.2. The molecule has 0 bridgehead atoms. The average Bonchev–Trinajstić information content (AvgIpc) is 3.34. The molecule has 4 unspecified atom stereocenters. The summed E-state index contributed by atoms with van der Waals surface area (Å²) in [6.07, 6.45) is 3.45. The Morgan fingerprint density at radius 2 is 1.45 bits per heavy atom. The van der Waals surface area contributed by atoms with E-state index in [9.17, 15) is 24.3 Å². The van der Waals surface area contributed by atoms with E-state index in [0.717, 1.165) is 22.0 Å². The molecule has 9 N–H and O–H groups in total. The largest absolute Gasteiger partial charge is 0.480 e. The van der Waals surface area contributed by atoms with E-state index in [1.54, 1.807) is 30.5 Å². The predicted molar refractivity (Wildman–Crippen MR) is 152 cm³/mol. The number of amides is 3. The van der Waals surface area contributed by atoms with E-state index in [0.29, 0.717) is 25.8 Å². The molecule has 1 heterocycles. The Hall–Kier alpha value is -4.22. The van der Waals surface area contributed by atoms with Crippen molar-refractivity contribution >= 4 is 34.6 Å². The molecule has 4 atom stereocenters. The van der Waals surface area contributed by atoms with Crippen LogP contribution >= 0.6 is 0 Å². The molecule has 0 spiro atoms. The zero-order chi connectivity index (χ0) is 29.1. The van der Waals surface area contributed by atoms with Gasteiger partial charge in [-0.3, -0.25) is 14.4 Å². The number of aromatic nitrogens is 1. The fraction of sp³-hybridized carbons (Fsp3) is 0.379. The van der Waals surface area contributed by atoms with Crippen molar-refractivity contribution < 1.29 is 24.3 Å². The van der Waals surface area contributed by atoms with Crippen molar-refractivity contribution in [2.75, 3.05) is 6.54 Å². The molecule has 2 aromatic carbocycles. The van der Waals surface area contributed by atoms with Gasteiger partial charge in [-0.1, -0.05) is 48.5 Å². The number of hydrogen-bond donors (Lipinski definition) is 7. The first kappa shape index (κ1) is 30.3. The Kier molecular flexibility index (Phi) is 11.2. The number of aliphatic carboxylic acids is 1. The third-order valence-electron chi connectivity index (χ3n) is 6.62. The summed E-state index contributed by atoms with van der Waals surface area (Å²) in [4.78, 5) is 54.5. The van der Waals surface area contributed by atoms with Gasteiger partial charge in [-0.15, -0.1) is 0 Å². The molecule has 0 saturated heterocycles. The Labute approximate surface area is 233 Å². The second kappa shape index (κ2) is 14.8. The van der Waals surface area contributed by atoms with Crippen LogP contribution < -0.4 is 27.4 Å². The highest BCUT2D eigenvalue weighted by Crippen LogP contribution is 2.19. The molecule has 3 rings (SSSR count).